The number of aliphatic hydroxyl groups is 1. The van der Waals surface area contributed by atoms with Crippen molar-refractivity contribution in [1.82, 2.24) is 15.1 Å². The van der Waals surface area contributed by atoms with Gasteiger partial charge in [0, 0.05) is 24.4 Å². The molecule has 0 spiro atoms. The predicted molar refractivity (Wildman–Crippen MR) is 102 cm³/mol. The van der Waals surface area contributed by atoms with Crippen molar-refractivity contribution in [2.24, 2.45) is 0 Å². The van der Waals surface area contributed by atoms with E-state index in [1.807, 2.05) is 68.4 Å². The number of rotatable bonds is 6. The molecule has 5 nitrogen and oxygen atoms in total. The van der Waals surface area contributed by atoms with E-state index < -0.39 is 0 Å². The first kappa shape index (κ1) is 17.9. The van der Waals surface area contributed by atoms with Crippen molar-refractivity contribution in [2.45, 2.75) is 26.3 Å². The van der Waals surface area contributed by atoms with Crippen molar-refractivity contribution >= 4 is 5.91 Å². The Bertz CT molecular complexity index is 887. The number of aliphatic hydroxyl groups excluding tert-OH is 1. The van der Waals surface area contributed by atoms with Crippen LogP contribution in [0.4, 0.5) is 0 Å². The molecule has 0 saturated carbocycles. The minimum Gasteiger partial charge on any atom is -0.396 e. The van der Waals surface area contributed by atoms with E-state index in [0.717, 1.165) is 16.8 Å². The maximum Gasteiger partial charge on any atom is 0.255 e. The molecular formula is C21H23N3O2. The Kier molecular flexibility index (Phi) is 5.49. The van der Waals surface area contributed by atoms with E-state index in [2.05, 4.69) is 5.32 Å². The van der Waals surface area contributed by atoms with Gasteiger partial charge in [-0.1, -0.05) is 42.5 Å². The van der Waals surface area contributed by atoms with E-state index >= 15 is 0 Å². The van der Waals surface area contributed by atoms with Crippen molar-refractivity contribution in [3.63, 3.8) is 0 Å². The van der Waals surface area contributed by atoms with Gasteiger partial charge in [-0.2, -0.15) is 5.10 Å². The highest BCUT2D eigenvalue weighted by Crippen LogP contribution is 2.26. The quantitative estimate of drug-likeness (QED) is 0.717. The molecule has 3 rings (SSSR count). The lowest BCUT2D eigenvalue weighted by molar-refractivity contribution is 0.0935. The summed E-state index contributed by atoms with van der Waals surface area (Å²) in [4.78, 5) is 12.8. The monoisotopic (exact) mass is 349 g/mol. The molecule has 2 aromatic carbocycles. The SMILES string of the molecule is Cc1ccccc1-c1nn(-c2ccccc2)cc1C(=O)NC(C)CCO. The van der Waals surface area contributed by atoms with Gasteiger partial charge in [-0.3, -0.25) is 4.79 Å². The summed E-state index contributed by atoms with van der Waals surface area (Å²) in [6, 6.07) is 17.5. The molecule has 0 aliphatic carbocycles. The molecule has 1 heterocycles. The van der Waals surface area contributed by atoms with Crippen LogP contribution < -0.4 is 5.32 Å². The van der Waals surface area contributed by atoms with Crippen LogP contribution >= 0.6 is 0 Å². The van der Waals surface area contributed by atoms with Crippen LogP contribution in [0.2, 0.25) is 0 Å². The second kappa shape index (κ2) is 7.97. The highest BCUT2D eigenvalue weighted by Gasteiger charge is 2.20. The van der Waals surface area contributed by atoms with Crippen LogP contribution in [0.3, 0.4) is 0 Å². The highest BCUT2D eigenvalue weighted by molar-refractivity contribution is 6.00. The number of hydrogen-bond donors (Lipinski definition) is 2. The van der Waals surface area contributed by atoms with Crippen LogP contribution in [0, 0.1) is 6.92 Å². The number of carbonyl (C=O) groups excluding carboxylic acids is 1. The lowest BCUT2D eigenvalue weighted by Gasteiger charge is -2.12. The minimum absolute atomic E-state index is 0.0371. The zero-order valence-electron chi connectivity index (χ0n) is 15.0. The lowest BCUT2D eigenvalue weighted by atomic mass is 10.0. The number of carbonyl (C=O) groups is 1. The van der Waals surface area contributed by atoms with Crippen molar-refractivity contribution in [1.29, 1.82) is 0 Å². The Morgan fingerprint density at radius 2 is 1.85 bits per heavy atom. The minimum atomic E-state index is -0.189. The van der Waals surface area contributed by atoms with Crippen molar-refractivity contribution in [2.75, 3.05) is 6.61 Å². The van der Waals surface area contributed by atoms with Crippen LogP contribution in [0.5, 0.6) is 0 Å². The smallest absolute Gasteiger partial charge is 0.255 e. The summed E-state index contributed by atoms with van der Waals surface area (Å²) < 4.78 is 1.73. The van der Waals surface area contributed by atoms with E-state index in [1.165, 1.54) is 0 Å². The molecule has 1 atom stereocenters. The summed E-state index contributed by atoms with van der Waals surface area (Å²) in [7, 11) is 0. The van der Waals surface area contributed by atoms with Crippen LogP contribution in [-0.4, -0.2) is 33.4 Å². The molecule has 0 radical (unpaired) electrons. The van der Waals surface area contributed by atoms with Crippen LogP contribution in [0.1, 0.15) is 29.3 Å². The van der Waals surface area contributed by atoms with Crippen LogP contribution in [-0.2, 0) is 0 Å². The second-order valence-corrected chi connectivity index (χ2v) is 6.37. The van der Waals surface area contributed by atoms with Gasteiger partial charge in [0.25, 0.3) is 5.91 Å². The number of aryl methyl sites for hydroxylation is 1. The standard InChI is InChI=1S/C21H23N3O2/c1-15-8-6-7-11-18(15)20-19(21(26)22-16(2)12-13-25)14-24(23-20)17-9-4-3-5-10-17/h3-11,14,16,25H,12-13H2,1-2H3,(H,22,26). The van der Waals surface area contributed by atoms with Gasteiger partial charge in [-0.25, -0.2) is 4.68 Å². The van der Waals surface area contributed by atoms with E-state index in [4.69, 9.17) is 10.2 Å². The Balaban J connectivity index is 2.05. The molecular weight excluding hydrogens is 326 g/mol. The number of aromatic nitrogens is 2. The van der Waals surface area contributed by atoms with Gasteiger partial charge in [0.15, 0.2) is 0 Å². The fourth-order valence-corrected chi connectivity index (χ4v) is 2.86. The van der Waals surface area contributed by atoms with Gasteiger partial charge in [0.1, 0.15) is 5.69 Å². The van der Waals surface area contributed by atoms with E-state index in [9.17, 15) is 4.79 Å². The molecule has 1 unspecified atom stereocenters. The van der Waals surface area contributed by atoms with Gasteiger partial charge in [-0.05, 0) is 38.0 Å². The number of amides is 1. The first-order valence-corrected chi connectivity index (χ1v) is 8.73. The maximum absolute atomic E-state index is 12.8. The average Bonchev–Trinajstić information content (AvgIpc) is 3.08. The Morgan fingerprint density at radius 1 is 1.15 bits per heavy atom. The van der Waals surface area contributed by atoms with Gasteiger partial charge in [0.05, 0.1) is 11.3 Å². The predicted octanol–water partition coefficient (Wildman–Crippen LogP) is 3.35. The molecule has 0 aliphatic heterocycles. The van der Waals surface area contributed by atoms with E-state index in [-0.39, 0.29) is 18.6 Å². The van der Waals surface area contributed by atoms with Gasteiger partial charge >= 0.3 is 0 Å². The summed E-state index contributed by atoms with van der Waals surface area (Å²) in [5, 5.41) is 16.7. The fraction of sp³-hybridized carbons (Fsp3) is 0.238. The number of para-hydroxylation sites is 1. The number of benzene rings is 2. The number of nitrogens with zero attached hydrogens (tertiary/aromatic N) is 2. The Morgan fingerprint density at radius 3 is 2.54 bits per heavy atom. The fourth-order valence-electron chi connectivity index (χ4n) is 2.86. The molecule has 134 valence electrons. The molecule has 0 bridgehead atoms. The maximum atomic E-state index is 12.8. The molecule has 0 fully saturated rings. The van der Waals surface area contributed by atoms with E-state index in [1.54, 1.807) is 10.9 Å². The first-order chi connectivity index (χ1) is 12.6. The van der Waals surface area contributed by atoms with Gasteiger partial charge in [0.2, 0.25) is 0 Å². The molecule has 3 aromatic rings. The summed E-state index contributed by atoms with van der Waals surface area (Å²) in [5.74, 6) is -0.189. The van der Waals surface area contributed by atoms with Crippen molar-refractivity contribution in [3.8, 4) is 16.9 Å². The van der Waals surface area contributed by atoms with Crippen molar-refractivity contribution in [3.05, 3.63) is 71.9 Å². The van der Waals surface area contributed by atoms with Crippen LogP contribution in [0.15, 0.2) is 60.8 Å². The topological polar surface area (TPSA) is 67.2 Å². The molecule has 2 N–H and O–H groups in total. The average molecular weight is 349 g/mol. The summed E-state index contributed by atoms with van der Waals surface area (Å²) >= 11 is 0. The molecule has 5 heteroatoms. The summed E-state index contributed by atoms with van der Waals surface area (Å²) in [6.07, 6.45) is 2.27. The molecule has 1 amide bonds. The lowest BCUT2D eigenvalue weighted by Crippen LogP contribution is -2.33. The van der Waals surface area contributed by atoms with Gasteiger partial charge in [-0.15, -0.1) is 0 Å². The summed E-state index contributed by atoms with van der Waals surface area (Å²) in [5.41, 5.74) is 4.06. The first-order valence-electron chi connectivity index (χ1n) is 8.73. The van der Waals surface area contributed by atoms with Gasteiger partial charge < -0.3 is 10.4 Å². The normalized spacial score (nSPS) is 12.0. The molecule has 1 aromatic heterocycles. The third kappa shape index (κ3) is 3.83. The highest BCUT2D eigenvalue weighted by atomic mass is 16.3. The van der Waals surface area contributed by atoms with Crippen LogP contribution in [0.25, 0.3) is 16.9 Å². The van der Waals surface area contributed by atoms with E-state index in [0.29, 0.717) is 17.7 Å². The Labute approximate surface area is 153 Å². The third-order valence-corrected chi connectivity index (χ3v) is 4.32. The number of hydrogen-bond acceptors (Lipinski definition) is 3. The third-order valence-electron chi connectivity index (χ3n) is 4.32. The zero-order chi connectivity index (χ0) is 18.5. The zero-order valence-corrected chi connectivity index (χ0v) is 15.0. The number of nitrogens with one attached hydrogen (secondary N) is 1. The molecule has 0 aliphatic rings. The van der Waals surface area contributed by atoms with Crippen molar-refractivity contribution < 1.29 is 9.90 Å². The summed E-state index contributed by atoms with van der Waals surface area (Å²) in [6.45, 7) is 3.92. The Hall–Kier alpha value is -2.92. The molecule has 0 saturated heterocycles. The second-order valence-electron chi connectivity index (χ2n) is 6.37. The molecule has 26 heavy (non-hydrogen) atoms. The largest absolute Gasteiger partial charge is 0.396 e.